The Morgan fingerprint density at radius 1 is 1.20 bits per heavy atom. The highest BCUT2D eigenvalue weighted by Crippen LogP contribution is 2.69. The Balaban J connectivity index is 2.03. The Morgan fingerprint density at radius 2 is 1.93 bits per heavy atom. The van der Waals surface area contributed by atoms with E-state index in [1.807, 2.05) is 5.57 Å². The summed E-state index contributed by atoms with van der Waals surface area (Å²) < 4.78 is 0. The van der Waals surface area contributed by atoms with Crippen molar-refractivity contribution in [2.75, 3.05) is 0 Å². The molecule has 0 N–H and O–H groups in total. The van der Waals surface area contributed by atoms with Crippen LogP contribution in [0.25, 0.3) is 0 Å². The lowest BCUT2D eigenvalue weighted by molar-refractivity contribution is 0.500. The van der Waals surface area contributed by atoms with Crippen LogP contribution < -0.4 is 0 Å². The van der Waals surface area contributed by atoms with Gasteiger partial charge < -0.3 is 0 Å². The summed E-state index contributed by atoms with van der Waals surface area (Å²) >= 11 is 0. The fourth-order valence-electron chi connectivity index (χ4n) is 4.28. The smallest absolute Gasteiger partial charge is 0.00129 e. The minimum Gasteiger partial charge on any atom is -0.0993 e. The van der Waals surface area contributed by atoms with Gasteiger partial charge in [0.15, 0.2) is 0 Å². The highest BCUT2D eigenvalue weighted by atomic mass is 14.6. The largest absolute Gasteiger partial charge is 0.0993 e. The van der Waals surface area contributed by atoms with E-state index in [4.69, 9.17) is 0 Å². The number of hydrogen-bond acceptors (Lipinski definition) is 0. The van der Waals surface area contributed by atoms with Crippen molar-refractivity contribution < 1.29 is 0 Å². The van der Waals surface area contributed by atoms with E-state index in [2.05, 4.69) is 27.4 Å². The van der Waals surface area contributed by atoms with Crippen LogP contribution in [0, 0.1) is 23.2 Å². The molecule has 0 radical (unpaired) electrons. The van der Waals surface area contributed by atoms with E-state index in [0.29, 0.717) is 5.41 Å². The third-order valence-electron chi connectivity index (χ3n) is 5.33. The summed E-state index contributed by atoms with van der Waals surface area (Å²) in [6, 6.07) is 0. The predicted molar refractivity (Wildman–Crippen MR) is 64.6 cm³/mol. The van der Waals surface area contributed by atoms with Crippen molar-refractivity contribution in [2.45, 2.75) is 46.5 Å². The van der Waals surface area contributed by atoms with Gasteiger partial charge in [-0.25, -0.2) is 0 Å². The van der Waals surface area contributed by atoms with Gasteiger partial charge in [0.2, 0.25) is 0 Å². The van der Waals surface area contributed by atoms with Gasteiger partial charge in [-0.05, 0) is 49.9 Å². The molecule has 0 aromatic rings. The number of hydrogen-bond donors (Lipinski definition) is 0. The van der Waals surface area contributed by atoms with Gasteiger partial charge in [0.25, 0.3) is 0 Å². The Bertz CT molecular complexity index is 356. The van der Waals surface area contributed by atoms with Gasteiger partial charge in [-0.3, -0.25) is 0 Å². The maximum Gasteiger partial charge on any atom is 0.00129 e. The summed E-state index contributed by atoms with van der Waals surface area (Å²) in [6.45, 7) is 11.6. The molecule has 0 bridgehead atoms. The molecule has 0 nitrogen and oxygen atoms in total. The first-order valence-corrected chi connectivity index (χ1v) is 6.40. The molecule has 0 saturated heterocycles. The van der Waals surface area contributed by atoms with Gasteiger partial charge in [-0.2, -0.15) is 0 Å². The SMILES string of the molecule is C=C1CCC2C(C3=C(C)CCC13)C2(C)C. The zero-order valence-corrected chi connectivity index (χ0v) is 10.3. The first kappa shape index (κ1) is 9.69. The minimum atomic E-state index is 0.597. The molecular formula is C15H22. The third-order valence-corrected chi connectivity index (χ3v) is 5.33. The Labute approximate surface area is 93.5 Å². The van der Waals surface area contributed by atoms with Crippen molar-refractivity contribution in [2.24, 2.45) is 23.2 Å². The van der Waals surface area contributed by atoms with Gasteiger partial charge in [-0.1, -0.05) is 37.1 Å². The number of rotatable bonds is 0. The number of allylic oxidation sites excluding steroid dienone is 3. The summed E-state index contributed by atoms with van der Waals surface area (Å²) in [7, 11) is 0. The summed E-state index contributed by atoms with van der Waals surface area (Å²) in [6.07, 6.45) is 5.37. The van der Waals surface area contributed by atoms with Crippen LogP contribution in [0.15, 0.2) is 23.3 Å². The Hall–Kier alpha value is -0.520. The van der Waals surface area contributed by atoms with Crippen molar-refractivity contribution in [3.05, 3.63) is 23.3 Å². The standard InChI is InChI=1S/C15H22/c1-9-6-8-12-14(15(12,3)4)13-10(2)5-7-11(9)13/h11-12,14H,1,5-8H2,2-4H3. The van der Waals surface area contributed by atoms with Gasteiger partial charge >= 0.3 is 0 Å². The molecule has 2 fully saturated rings. The van der Waals surface area contributed by atoms with E-state index < -0.39 is 0 Å². The molecule has 0 aromatic heterocycles. The van der Waals surface area contributed by atoms with Crippen LogP contribution >= 0.6 is 0 Å². The fourth-order valence-corrected chi connectivity index (χ4v) is 4.28. The zero-order valence-electron chi connectivity index (χ0n) is 10.3. The molecule has 3 aliphatic rings. The van der Waals surface area contributed by atoms with Crippen molar-refractivity contribution in [1.29, 1.82) is 0 Å². The summed E-state index contributed by atoms with van der Waals surface area (Å²) in [4.78, 5) is 0. The molecule has 82 valence electrons. The van der Waals surface area contributed by atoms with E-state index in [-0.39, 0.29) is 0 Å². The average molecular weight is 202 g/mol. The molecule has 0 heterocycles. The molecule has 3 aliphatic carbocycles. The third kappa shape index (κ3) is 1.14. The topological polar surface area (TPSA) is 0 Å². The highest BCUT2D eigenvalue weighted by molar-refractivity contribution is 5.39. The molecule has 0 aromatic carbocycles. The molecule has 0 spiro atoms. The monoisotopic (exact) mass is 202 g/mol. The predicted octanol–water partition coefficient (Wildman–Crippen LogP) is 4.34. The molecule has 15 heavy (non-hydrogen) atoms. The van der Waals surface area contributed by atoms with Crippen LogP contribution in [0.4, 0.5) is 0 Å². The highest BCUT2D eigenvalue weighted by Gasteiger charge is 2.61. The van der Waals surface area contributed by atoms with Gasteiger partial charge in [0, 0.05) is 5.92 Å². The average Bonchev–Trinajstić information content (AvgIpc) is 2.55. The van der Waals surface area contributed by atoms with Gasteiger partial charge in [-0.15, -0.1) is 0 Å². The summed E-state index contributed by atoms with van der Waals surface area (Å²) in [5.74, 6) is 2.63. The van der Waals surface area contributed by atoms with E-state index in [9.17, 15) is 0 Å². The van der Waals surface area contributed by atoms with Crippen molar-refractivity contribution >= 4 is 0 Å². The van der Waals surface area contributed by atoms with Crippen LogP contribution in [-0.4, -0.2) is 0 Å². The first-order valence-electron chi connectivity index (χ1n) is 6.40. The Morgan fingerprint density at radius 3 is 2.67 bits per heavy atom. The lowest BCUT2D eigenvalue weighted by atomic mass is 9.86. The molecule has 3 rings (SSSR count). The zero-order chi connectivity index (χ0) is 10.8. The molecular weight excluding hydrogens is 180 g/mol. The van der Waals surface area contributed by atoms with Crippen LogP contribution in [0.3, 0.4) is 0 Å². The van der Waals surface area contributed by atoms with Gasteiger partial charge in [0.05, 0.1) is 0 Å². The fraction of sp³-hybridized carbons (Fsp3) is 0.733. The van der Waals surface area contributed by atoms with E-state index in [1.165, 1.54) is 31.3 Å². The molecule has 0 aliphatic heterocycles. The maximum atomic E-state index is 4.32. The normalized spacial score (nSPS) is 42.3. The Kier molecular flexibility index (Phi) is 1.80. The van der Waals surface area contributed by atoms with E-state index in [1.54, 1.807) is 5.57 Å². The van der Waals surface area contributed by atoms with Crippen LogP contribution in [0.5, 0.6) is 0 Å². The van der Waals surface area contributed by atoms with E-state index >= 15 is 0 Å². The molecule has 0 amide bonds. The molecule has 3 unspecified atom stereocenters. The molecule has 2 saturated carbocycles. The summed E-state index contributed by atoms with van der Waals surface area (Å²) in [5, 5.41) is 0. The van der Waals surface area contributed by atoms with Crippen LogP contribution in [-0.2, 0) is 0 Å². The van der Waals surface area contributed by atoms with Crippen LogP contribution in [0.2, 0.25) is 0 Å². The lowest BCUT2D eigenvalue weighted by Crippen LogP contribution is -2.07. The van der Waals surface area contributed by atoms with E-state index in [0.717, 1.165) is 17.8 Å². The minimum absolute atomic E-state index is 0.597. The second kappa shape index (κ2) is 2.78. The summed E-state index contributed by atoms with van der Waals surface area (Å²) in [5.41, 5.74) is 5.64. The van der Waals surface area contributed by atoms with Crippen molar-refractivity contribution in [1.82, 2.24) is 0 Å². The van der Waals surface area contributed by atoms with Crippen molar-refractivity contribution in [3.8, 4) is 0 Å². The van der Waals surface area contributed by atoms with Gasteiger partial charge in [0.1, 0.15) is 0 Å². The van der Waals surface area contributed by atoms with Crippen molar-refractivity contribution in [3.63, 3.8) is 0 Å². The molecule has 3 atom stereocenters. The first-order chi connectivity index (χ1) is 7.03. The second-order valence-corrected chi connectivity index (χ2v) is 6.43. The second-order valence-electron chi connectivity index (χ2n) is 6.43. The quantitative estimate of drug-likeness (QED) is 0.513. The maximum absolute atomic E-state index is 4.32. The molecule has 0 heteroatoms. The number of fused-ring (bicyclic) bond motifs is 3. The lowest BCUT2D eigenvalue weighted by Gasteiger charge is -2.18. The van der Waals surface area contributed by atoms with Crippen LogP contribution in [0.1, 0.15) is 46.5 Å².